The van der Waals surface area contributed by atoms with Crippen molar-refractivity contribution in [1.29, 1.82) is 0 Å². The van der Waals surface area contributed by atoms with Crippen LogP contribution in [0.25, 0.3) is 0 Å². The normalized spacial score (nSPS) is 26.7. The predicted molar refractivity (Wildman–Crippen MR) is 56.5 cm³/mol. The number of thioether (sulfide) groups is 2. The van der Waals surface area contributed by atoms with Crippen LogP contribution in [-0.4, -0.2) is 48.2 Å². The molecule has 14 heavy (non-hydrogen) atoms. The van der Waals surface area contributed by atoms with E-state index in [0.717, 1.165) is 11.5 Å². The maximum atomic E-state index is 11.3. The molecule has 0 N–H and O–H groups in total. The molecule has 0 radical (unpaired) electrons. The molecule has 6 heteroatoms. The summed E-state index contributed by atoms with van der Waals surface area (Å²) in [4.78, 5) is 22.7. The largest absolute Gasteiger partial charge is 0.468 e. The van der Waals surface area contributed by atoms with Gasteiger partial charge in [0.15, 0.2) is 0 Å². The predicted octanol–water partition coefficient (Wildman–Crippen LogP) is 0.550. The molecule has 80 valence electrons. The molecule has 2 unspecified atom stereocenters. The van der Waals surface area contributed by atoms with Gasteiger partial charge in [0.1, 0.15) is 10.5 Å². The van der Waals surface area contributed by atoms with Gasteiger partial charge in [0.2, 0.25) is 0 Å². The second-order valence-electron chi connectivity index (χ2n) is 2.63. The minimum atomic E-state index is -0.425. The Bertz CT molecular complexity index is 207. The quantitative estimate of drug-likeness (QED) is 0.653. The molecule has 1 saturated heterocycles. The van der Waals surface area contributed by atoms with E-state index in [-0.39, 0.29) is 11.9 Å². The number of methoxy groups -OCH3 is 2. The summed E-state index contributed by atoms with van der Waals surface area (Å²) < 4.78 is 9.27. The molecule has 1 aliphatic rings. The Balaban J connectivity index is 2.68. The van der Waals surface area contributed by atoms with E-state index in [1.165, 1.54) is 37.7 Å². The van der Waals surface area contributed by atoms with Crippen molar-refractivity contribution >= 4 is 35.5 Å². The molecule has 0 aromatic carbocycles. The number of esters is 2. The van der Waals surface area contributed by atoms with Crippen LogP contribution in [-0.2, 0) is 19.1 Å². The van der Waals surface area contributed by atoms with Gasteiger partial charge in [-0.25, -0.2) is 0 Å². The van der Waals surface area contributed by atoms with Gasteiger partial charge < -0.3 is 9.47 Å². The summed E-state index contributed by atoms with van der Waals surface area (Å²) in [6.07, 6.45) is 0. The van der Waals surface area contributed by atoms with E-state index in [0.29, 0.717) is 0 Å². The average Bonchev–Trinajstić information content (AvgIpc) is 2.27. The zero-order chi connectivity index (χ0) is 10.6. The maximum Gasteiger partial charge on any atom is 0.320 e. The second-order valence-corrected chi connectivity index (χ2v) is 5.13. The fourth-order valence-corrected chi connectivity index (χ4v) is 3.93. The fourth-order valence-electron chi connectivity index (χ4n) is 1.14. The van der Waals surface area contributed by atoms with Crippen LogP contribution in [0.2, 0.25) is 0 Å². The lowest BCUT2D eigenvalue weighted by Crippen LogP contribution is -2.39. The summed E-state index contributed by atoms with van der Waals surface area (Å²) in [5.41, 5.74) is 0. The number of carbonyl (C=O) groups is 2. The van der Waals surface area contributed by atoms with Crippen molar-refractivity contribution in [2.24, 2.45) is 0 Å². The number of hydrogen-bond donors (Lipinski definition) is 0. The summed E-state index contributed by atoms with van der Waals surface area (Å²) in [6, 6.07) is 0. The lowest BCUT2D eigenvalue weighted by Gasteiger charge is -2.26. The summed E-state index contributed by atoms with van der Waals surface area (Å²) >= 11 is 2.90. The van der Waals surface area contributed by atoms with Crippen molar-refractivity contribution < 1.29 is 19.1 Å². The van der Waals surface area contributed by atoms with E-state index in [1.54, 1.807) is 0 Å². The highest BCUT2D eigenvalue weighted by molar-refractivity contribution is 8.08. The second kappa shape index (κ2) is 5.50. The van der Waals surface area contributed by atoms with E-state index in [4.69, 9.17) is 0 Å². The van der Waals surface area contributed by atoms with Gasteiger partial charge in [-0.1, -0.05) is 0 Å². The fraction of sp³-hybridized carbons (Fsp3) is 0.750. The number of hydrogen-bond acceptors (Lipinski definition) is 6. The molecule has 1 aliphatic heterocycles. The molecule has 2 atom stereocenters. The van der Waals surface area contributed by atoms with Crippen LogP contribution in [0.15, 0.2) is 0 Å². The van der Waals surface area contributed by atoms with Gasteiger partial charge in [-0.15, -0.1) is 23.5 Å². The average molecular weight is 236 g/mol. The zero-order valence-corrected chi connectivity index (χ0v) is 9.65. The molecule has 0 aromatic heterocycles. The molecule has 0 aliphatic carbocycles. The van der Waals surface area contributed by atoms with E-state index in [9.17, 15) is 9.59 Å². The Hall–Kier alpha value is -0.360. The van der Waals surface area contributed by atoms with Crippen LogP contribution in [0.4, 0.5) is 0 Å². The van der Waals surface area contributed by atoms with Crippen LogP contribution in [0.3, 0.4) is 0 Å². The summed E-state index contributed by atoms with van der Waals surface area (Å²) in [7, 11) is 2.66. The number of carbonyl (C=O) groups excluding carboxylic acids is 2. The van der Waals surface area contributed by atoms with Gasteiger partial charge in [0.05, 0.1) is 14.2 Å². The van der Waals surface area contributed by atoms with E-state index in [2.05, 4.69) is 9.47 Å². The Morgan fingerprint density at radius 1 is 1.00 bits per heavy atom. The summed E-state index contributed by atoms with van der Waals surface area (Å²) in [5, 5.41) is -0.850. The lowest BCUT2D eigenvalue weighted by atomic mass is 10.3. The SMILES string of the molecule is COC(=O)C1SCCSC1C(=O)OC. The third kappa shape index (κ3) is 2.57. The standard InChI is InChI=1S/C8H12O4S2/c1-11-7(9)5-6(8(10)12-2)14-4-3-13-5/h5-6H,3-4H2,1-2H3. The molecular formula is C8H12O4S2. The first kappa shape index (κ1) is 11.7. The van der Waals surface area contributed by atoms with Crippen molar-refractivity contribution in [3.63, 3.8) is 0 Å². The molecule has 0 aromatic rings. The zero-order valence-electron chi connectivity index (χ0n) is 8.02. The Kier molecular flexibility index (Phi) is 4.60. The van der Waals surface area contributed by atoms with Crippen molar-refractivity contribution in [2.45, 2.75) is 10.5 Å². The Morgan fingerprint density at radius 3 is 1.64 bits per heavy atom. The Labute approximate surface area is 91.1 Å². The first-order valence-corrected chi connectivity index (χ1v) is 6.19. The van der Waals surface area contributed by atoms with Gasteiger partial charge in [-0.2, -0.15) is 0 Å². The van der Waals surface area contributed by atoms with Crippen LogP contribution in [0, 0.1) is 0 Å². The van der Waals surface area contributed by atoms with Crippen molar-refractivity contribution in [2.75, 3.05) is 25.7 Å². The number of rotatable bonds is 2. The highest BCUT2D eigenvalue weighted by atomic mass is 32.2. The molecule has 0 amide bonds. The van der Waals surface area contributed by atoms with Gasteiger partial charge in [0, 0.05) is 11.5 Å². The van der Waals surface area contributed by atoms with Gasteiger partial charge in [0.25, 0.3) is 0 Å². The monoisotopic (exact) mass is 236 g/mol. The molecular weight excluding hydrogens is 224 g/mol. The first-order valence-electron chi connectivity index (χ1n) is 4.09. The molecule has 4 nitrogen and oxygen atoms in total. The molecule has 0 saturated carbocycles. The van der Waals surface area contributed by atoms with E-state index < -0.39 is 10.5 Å². The van der Waals surface area contributed by atoms with Gasteiger partial charge >= 0.3 is 11.9 Å². The van der Waals surface area contributed by atoms with Crippen molar-refractivity contribution in [1.82, 2.24) is 0 Å². The Morgan fingerprint density at radius 2 is 1.36 bits per heavy atom. The summed E-state index contributed by atoms with van der Waals surface area (Å²) in [5.74, 6) is 1.02. The van der Waals surface area contributed by atoms with Crippen molar-refractivity contribution in [3.8, 4) is 0 Å². The molecule has 0 spiro atoms. The number of ether oxygens (including phenoxy) is 2. The maximum absolute atomic E-state index is 11.3. The minimum absolute atomic E-state index is 0.349. The van der Waals surface area contributed by atoms with Gasteiger partial charge in [-0.05, 0) is 0 Å². The van der Waals surface area contributed by atoms with Crippen molar-refractivity contribution in [3.05, 3.63) is 0 Å². The molecule has 1 heterocycles. The van der Waals surface area contributed by atoms with Crippen LogP contribution in [0.5, 0.6) is 0 Å². The molecule has 1 rings (SSSR count). The lowest BCUT2D eigenvalue weighted by molar-refractivity contribution is -0.146. The minimum Gasteiger partial charge on any atom is -0.468 e. The van der Waals surface area contributed by atoms with E-state index in [1.807, 2.05) is 0 Å². The van der Waals surface area contributed by atoms with Gasteiger partial charge in [-0.3, -0.25) is 9.59 Å². The smallest absolute Gasteiger partial charge is 0.320 e. The first-order chi connectivity index (χ1) is 6.70. The highest BCUT2D eigenvalue weighted by Crippen LogP contribution is 2.32. The highest BCUT2D eigenvalue weighted by Gasteiger charge is 2.38. The summed E-state index contributed by atoms with van der Waals surface area (Å²) in [6.45, 7) is 0. The molecule has 0 bridgehead atoms. The third-order valence-electron chi connectivity index (χ3n) is 1.82. The van der Waals surface area contributed by atoms with E-state index >= 15 is 0 Å². The van der Waals surface area contributed by atoms with Crippen LogP contribution >= 0.6 is 23.5 Å². The third-order valence-corrected chi connectivity index (χ3v) is 4.78. The van der Waals surface area contributed by atoms with Crippen LogP contribution < -0.4 is 0 Å². The topological polar surface area (TPSA) is 52.6 Å². The molecule has 1 fully saturated rings. The van der Waals surface area contributed by atoms with Crippen LogP contribution in [0.1, 0.15) is 0 Å².